The summed E-state index contributed by atoms with van der Waals surface area (Å²) in [6, 6.07) is 0. The largest absolute Gasteiger partial charge is 0.293 e. The molecule has 0 saturated carbocycles. The summed E-state index contributed by atoms with van der Waals surface area (Å²) in [6.45, 7) is 18.1. The van der Waals surface area contributed by atoms with Crippen molar-refractivity contribution in [3.05, 3.63) is 11.1 Å². The Bertz CT molecular complexity index is 337. The van der Waals surface area contributed by atoms with Crippen LogP contribution in [-0.2, 0) is 0 Å². The zero-order valence-corrected chi connectivity index (χ0v) is 13.3. The van der Waals surface area contributed by atoms with Gasteiger partial charge >= 0.3 is 0 Å². The molecule has 1 aliphatic rings. The monoisotopic (exact) mass is 250 g/mol. The van der Waals surface area contributed by atoms with Gasteiger partial charge in [-0.2, -0.15) is 5.10 Å². The van der Waals surface area contributed by atoms with E-state index in [1.807, 2.05) is 0 Å². The second-order valence-corrected chi connectivity index (χ2v) is 7.38. The van der Waals surface area contributed by atoms with Crippen molar-refractivity contribution in [1.29, 1.82) is 0 Å². The third-order valence-electron chi connectivity index (χ3n) is 3.50. The summed E-state index contributed by atoms with van der Waals surface area (Å²) in [5.74, 6) is 0. The number of unbranched alkanes of at least 4 members (excludes halogenated alkanes) is 1. The molecule has 0 amide bonds. The molecule has 1 heterocycles. The molecule has 0 spiro atoms. The fourth-order valence-corrected chi connectivity index (χ4v) is 2.29. The molecule has 0 saturated heterocycles. The van der Waals surface area contributed by atoms with Crippen LogP contribution in [0.5, 0.6) is 0 Å². The third kappa shape index (κ3) is 3.86. The lowest BCUT2D eigenvalue weighted by Crippen LogP contribution is -2.34. The minimum atomic E-state index is 0.183. The average Bonchev–Trinajstić information content (AvgIpc) is 2.23. The maximum absolute atomic E-state index is 4.63. The van der Waals surface area contributed by atoms with E-state index in [0.717, 1.165) is 13.1 Å². The number of allylic oxidation sites excluding steroid dienone is 1. The highest BCUT2D eigenvalue weighted by Crippen LogP contribution is 2.37. The van der Waals surface area contributed by atoms with E-state index in [-0.39, 0.29) is 10.8 Å². The Labute approximate surface area is 113 Å². The molecule has 0 aromatic heterocycles. The van der Waals surface area contributed by atoms with Gasteiger partial charge in [0.2, 0.25) is 0 Å². The third-order valence-corrected chi connectivity index (χ3v) is 3.50. The van der Waals surface area contributed by atoms with Crippen molar-refractivity contribution in [2.45, 2.75) is 61.3 Å². The van der Waals surface area contributed by atoms with Crippen molar-refractivity contribution >= 4 is 6.21 Å². The SMILES string of the molecule is CCCCN1CC(C(C)(C)C)=C(C(C)(C)C)C=N1. The van der Waals surface area contributed by atoms with Crippen LogP contribution < -0.4 is 0 Å². The molecule has 2 heteroatoms. The first-order chi connectivity index (χ1) is 8.16. The molecule has 0 bridgehead atoms. The quantitative estimate of drug-likeness (QED) is 0.721. The average molecular weight is 250 g/mol. The van der Waals surface area contributed by atoms with E-state index in [0.29, 0.717) is 0 Å². The first kappa shape index (κ1) is 15.3. The summed E-state index contributed by atoms with van der Waals surface area (Å²) in [5, 5.41) is 6.85. The summed E-state index contributed by atoms with van der Waals surface area (Å²) in [6.07, 6.45) is 4.55. The molecule has 1 rings (SSSR count). The van der Waals surface area contributed by atoms with Crippen LogP contribution >= 0.6 is 0 Å². The normalized spacial score (nSPS) is 17.6. The van der Waals surface area contributed by atoms with Crippen LogP contribution in [0.3, 0.4) is 0 Å². The number of hydrogen-bond donors (Lipinski definition) is 0. The van der Waals surface area contributed by atoms with Crippen LogP contribution in [0.15, 0.2) is 16.2 Å². The van der Waals surface area contributed by atoms with Crippen molar-refractivity contribution < 1.29 is 0 Å². The minimum absolute atomic E-state index is 0.183. The van der Waals surface area contributed by atoms with Gasteiger partial charge in [0.1, 0.15) is 0 Å². The van der Waals surface area contributed by atoms with Gasteiger partial charge in [0.05, 0.1) is 12.8 Å². The molecule has 2 nitrogen and oxygen atoms in total. The number of hydrogen-bond acceptors (Lipinski definition) is 2. The highest BCUT2D eigenvalue weighted by atomic mass is 15.4. The Morgan fingerprint density at radius 3 is 2.17 bits per heavy atom. The summed E-state index contributed by atoms with van der Waals surface area (Å²) in [4.78, 5) is 0. The molecule has 0 aliphatic carbocycles. The van der Waals surface area contributed by atoms with Crippen LogP contribution in [0, 0.1) is 10.8 Å². The Morgan fingerprint density at radius 2 is 1.72 bits per heavy atom. The lowest BCUT2D eigenvalue weighted by atomic mass is 9.75. The summed E-state index contributed by atoms with van der Waals surface area (Å²) >= 11 is 0. The Balaban J connectivity index is 2.98. The second-order valence-electron chi connectivity index (χ2n) is 7.38. The van der Waals surface area contributed by atoms with E-state index in [2.05, 4.69) is 64.8 Å². The molecule has 18 heavy (non-hydrogen) atoms. The lowest BCUT2D eigenvalue weighted by Gasteiger charge is -2.37. The standard InChI is InChI=1S/C16H30N2/c1-8-9-10-18-12-14(16(5,6)7)13(11-17-18)15(2,3)4/h11H,8-10,12H2,1-7H3. The molecule has 1 aliphatic heterocycles. The number of rotatable bonds is 3. The molecular formula is C16H30N2. The van der Waals surface area contributed by atoms with Gasteiger partial charge in [-0.15, -0.1) is 0 Å². The zero-order chi connectivity index (χ0) is 14.0. The molecular weight excluding hydrogens is 220 g/mol. The van der Waals surface area contributed by atoms with Gasteiger partial charge < -0.3 is 0 Å². The smallest absolute Gasteiger partial charge is 0.0582 e. The van der Waals surface area contributed by atoms with Gasteiger partial charge in [0.15, 0.2) is 0 Å². The van der Waals surface area contributed by atoms with Crippen LogP contribution in [0.2, 0.25) is 0 Å². The minimum Gasteiger partial charge on any atom is -0.293 e. The fraction of sp³-hybridized carbons (Fsp3) is 0.812. The van der Waals surface area contributed by atoms with E-state index in [1.54, 1.807) is 5.57 Å². The molecule has 0 radical (unpaired) electrons. The van der Waals surface area contributed by atoms with Crippen molar-refractivity contribution in [2.75, 3.05) is 13.1 Å². The van der Waals surface area contributed by atoms with Crippen LogP contribution in [-0.4, -0.2) is 24.3 Å². The summed E-state index contributed by atoms with van der Waals surface area (Å²) in [5.41, 5.74) is 3.37. The molecule has 0 atom stereocenters. The second kappa shape index (κ2) is 5.46. The molecule has 104 valence electrons. The highest BCUT2D eigenvalue weighted by molar-refractivity contribution is 5.82. The summed E-state index contributed by atoms with van der Waals surface area (Å²) < 4.78 is 0. The Hall–Kier alpha value is -0.790. The van der Waals surface area contributed by atoms with E-state index in [1.165, 1.54) is 18.4 Å². The van der Waals surface area contributed by atoms with Crippen LogP contribution in [0.25, 0.3) is 0 Å². The Kier molecular flexibility index (Phi) is 4.63. The number of nitrogens with zero attached hydrogens (tertiary/aromatic N) is 2. The molecule has 0 N–H and O–H groups in total. The predicted octanol–water partition coefficient (Wildman–Crippen LogP) is 4.48. The van der Waals surface area contributed by atoms with Gasteiger partial charge in [-0.25, -0.2) is 0 Å². The topological polar surface area (TPSA) is 15.6 Å². The molecule has 0 aromatic rings. The summed E-state index contributed by atoms with van der Waals surface area (Å²) in [7, 11) is 0. The zero-order valence-electron chi connectivity index (χ0n) is 13.3. The maximum atomic E-state index is 4.63. The van der Waals surface area contributed by atoms with E-state index in [9.17, 15) is 0 Å². The fourth-order valence-electron chi connectivity index (χ4n) is 2.29. The highest BCUT2D eigenvalue weighted by Gasteiger charge is 2.30. The van der Waals surface area contributed by atoms with E-state index < -0.39 is 0 Å². The molecule has 0 fully saturated rings. The van der Waals surface area contributed by atoms with Crippen LogP contribution in [0.1, 0.15) is 61.3 Å². The van der Waals surface area contributed by atoms with Crippen molar-refractivity contribution in [1.82, 2.24) is 5.01 Å². The van der Waals surface area contributed by atoms with E-state index >= 15 is 0 Å². The van der Waals surface area contributed by atoms with Crippen molar-refractivity contribution in [3.8, 4) is 0 Å². The number of hydrazone groups is 1. The van der Waals surface area contributed by atoms with Gasteiger partial charge in [-0.3, -0.25) is 5.01 Å². The van der Waals surface area contributed by atoms with Gasteiger partial charge in [0, 0.05) is 6.54 Å². The molecule has 0 aromatic carbocycles. The van der Waals surface area contributed by atoms with Gasteiger partial charge in [-0.1, -0.05) is 54.9 Å². The van der Waals surface area contributed by atoms with Gasteiger partial charge in [0.25, 0.3) is 0 Å². The first-order valence-electron chi connectivity index (χ1n) is 7.19. The predicted molar refractivity (Wildman–Crippen MR) is 80.9 cm³/mol. The lowest BCUT2D eigenvalue weighted by molar-refractivity contribution is 0.274. The maximum Gasteiger partial charge on any atom is 0.0582 e. The Morgan fingerprint density at radius 1 is 1.11 bits per heavy atom. The van der Waals surface area contributed by atoms with Crippen molar-refractivity contribution in [3.63, 3.8) is 0 Å². The van der Waals surface area contributed by atoms with E-state index in [4.69, 9.17) is 0 Å². The van der Waals surface area contributed by atoms with Crippen molar-refractivity contribution in [2.24, 2.45) is 15.9 Å². The van der Waals surface area contributed by atoms with Crippen LogP contribution in [0.4, 0.5) is 0 Å². The first-order valence-corrected chi connectivity index (χ1v) is 7.19. The van der Waals surface area contributed by atoms with Gasteiger partial charge in [-0.05, 0) is 28.4 Å². The molecule has 0 unspecified atom stereocenters.